The van der Waals surface area contributed by atoms with Crippen LogP contribution in [0.25, 0.3) is 0 Å². The third-order valence-electron chi connectivity index (χ3n) is 5.47. The fourth-order valence-corrected chi connectivity index (χ4v) is 3.46. The molecule has 136 valence electrons. The zero-order chi connectivity index (χ0) is 18.2. The molecule has 0 bridgehead atoms. The summed E-state index contributed by atoms with van der Waals surface area (Å²) >= 11 is 0. The Morgan fingerprint density at radius 2 is 1.21 bits per heavy atom. The van der Waals surface area contributed by atoms with E-state index in [0.717, 1.165) is 12.8 Å². The zero-order valence-corrected chi connectivity index (χ0v) is 14.8. The molecular formula is C17H28N2O5. The van der Waals surface area contributed by atoms with Crippen molar-refractivity contribution in [2.75, 3.05) is 0 Å². The van der Waals surface area contributed by atoms with E-state index in [1.807, 2.05) is 0 Å². The van der Waals surface area contributed by atoms with Crippen LogP contribution in [0.3, 0.4) is 0 Å². The van der Waals surface area contributed by atoms with Crippen molar-refractivity contribution in [3.8, 4) is 0 Å². The van der Waals surface area contributed by atoms with E-state index in [-0.39, 0.29) is 12.1 Å². The summed E-state index contributed by atoms with van der Waals surface area (Å²) in [4.78, 5) is 40.6. The first kappa shape index (κ1) is 18.9. The molecule has 0 spiro atoms. The van der Waals surface area contributed by atoms with Gasteiger partial charge in [0.05, 0.1) is 36.1 Å². The van der Waals surface area contributed by atoms with Crippen LogP contribution in [0.1, 0.15) is 53.4 Å². The van der Waals surface area contributed by atoms with E-state index >= 15 is 0 Å². The van der Waals surface area contributed by atoms with Crippen LogP contribution in [0.2, 0.25) is 0 Å². The highest BCUT2D eigenvalue weighted by atomic mass is 16.3. The summed E-state index contributed by atoms with van der Waals surface area (Å²) in [7, 11) is 0. The summed E-state index contributed by atoms with van der Waals surface area (Å²) in [6.07, 6.45) is 1.40. The molecule has 1 aliphatic heterocycles. The molecule has 1 saturated carbocycles. The highest BCUT2D eigenvalue weighted by Crippen LogP contribution is 2.36. The number of hydrogen-bond acceptors (Lipinski definition) is 5. The summed E-state index contributed by atoms with van der Waals surface area (Å²) in [5.74, 6) is -2.29. The Bertz CT molecular complexity index is 475. The van der Waals surface area contributed by atoms with Crippen molar-refractivity contribution in [3.05, 3.63) is 0 Å². The van der Waals surface area contributed by atoms with Crippen molar-refractivity contribution in [2.45, 2.75) is 77.7 Å². The second-order valence-electron chi connectivity index (χ2n) is 7.18. The molecule has 1 heterocycles. The minimum Gasteiger partial charge on any atom is -0.393 e. The lowest BCUT2D eigenvalue weighted by molar-refractivity contribution is -0.137. The van der Waals surface area contributed by atoms with Crippen LogP contribution in [-0.2, 0) is 9.59 Å². The van der Waals surface area contributed by atoms with E-state index < -0.39 is 41.9 Å². The molecule has 6 atom stereocenters. The van der Waals surface area contributed by atoms with Crippen molar-refractivity contribution < 1.29 is 24.6 Å². The Balaban J connectivity index is 2.32. The molecule has 2 N–H and O–H groups in total. The SMILES string of the molecule is C[C@H](O)[C@@H](C)C(=O)N1C(=O)N(C(=O)[C@H](C)[C@H](C)O)[C@@H]2CCCC[C@H]21. The Morgan fingerprint density at radius 3 is 1.50 bits per heavy atom. The van der Waals surface area contributed by atoms with Gasteiger partial charge in [0, 0.05) is 0 Å². The molecule has 2 aliphatic rings. The molecule has 0 aromatic carbocycles. The van der Waals surface area contributed by atoms with Crippen molar-refractivity contribution in [1.82, 2.24) is 9.80 Å². The maximum atomic E-state index is 12.9. The number of imide groups is 2. The average Bonchev–Trinajstić information content (AvgIpc) is 2.83. The predicted molar refractivity (Wildman–Crippen MR) is 86.8 cm³/mol. The molecule has 0 radical (unpaired) electrons. The number of fused-ring (bicyclic) bond motifs is 1. The number of nitrogens with zero attached hydrogens (tertiary/aromatic N) is 2. The predicted octanol–water partition coefficient (Wildman–Crippen LogP) is 1.12. The molecule has 4 amide bonds. The molecule has 7 nitrogen and oxygen atoms in total. The Labute approximate surface area is 142 Å². The van der Waals surface area contributed by atoms with E-state index in [2.05, 4.69) is 0 Å². The first-order valence-corrected chi connectivity index (χ1v) is 8.74. The number of rotatable bonds is 4. The molecule has 2 fully saturated rings. The molecule has 24 heavy (non-hydrogen) atoms. The van der Waals surface area contributed by atoms with Crippen LogP contribution >= 0.6 is 0 Å². The first-order valence-electron chi connectivity index (χ1n) is 8.74. The van der Waals surface area contributed by atoms with Gasteiger partial charge in [0.15, 0.2) is 0 Å². The van der Waals surface area contributed by atoms with Gasteiger partial charge in [-0.1, -0.05) is 26.7 Å². The van der Waals surface area contributed by atoms with Crippen LogP contribution in [0.15, 0.2) is 0 Å². The maximum Gasteiger partial charge on any atom is 0.334 e. The summed E-state index contributed by atoms with van der Waals surface area (Å²) < 4.78 is 0. The molecule has 1 saturated heterocycles. The molecule has 1 aliphatic carbocycles. The van der Waals surface area contributed by atoms with Crippen molar-refractivity contribution in [3.63, 3.8) is 0 Å². The van der Waals surface area contributed by atoms with Crippen molar-refractivity contribution in [2.24, 2.45) is 11.8 Å². The standard InChI is InChI=1S/C17H28N2O5/c1-9(11(3)20)15(22)18-13-7-5-6-8-14(13)19(17(18)24)16(23)10(2)12(4)21/h9-14,20-21H,5-8H2,1-4H3/t9-,10-,11+,12+,13-,14-/m1/s1. The minimum absolute atomic E-state index is 0.329. The van der Waals surface area contributed by atoms with Gasteiger partial charge in [-0.15, -0.1) is 0 Å². The Hall–Kier alpha value is -1.47. The monoisotopic (exact) mass is 340 g/mol. The van der Waals surface area contributed by atoms with Gasteiger partial charge in [-0.25, -0.2) is 4.79 Å². The van der Waals surface area contributed by atoms with Gasteiger partial charge in [-0.05, 0) is 26.7 Å². The van der Waals surface area contributed by atoms with E-state index in [1.54, 1.807) is 13.8 Å². The van der Waals surface area contributed by atoms with Crippen molar-refractivity contribution >= 4 is 17.8 Å². The summed E-state index contributed by atoms with van der Waals surface area (Å²) in [6, 6.07) is -1.27. The largest absolute Gasteiger partial charge is 0.393 e. The Kier molecular flexibility index (Phi) is 5.65. The smallest absolute Gasteiger partial charge is 0.334 e. The number of urea groups is 1. The van der Waals surface area contributed by atoms with Crippen molar-refractivity contribution in [1.29, 1.82) is 0 Å². The highest BCUT2D eigenvalue weighted by Gasteiger charge is 2.53. The van der Waals surface area contributed by atoms with Crippen LogP contribution in [-0.4, -0.2) is 62.1 Å². The third-order valence-corrected chi connectivity index (χ3v) is 5.47. The molecule has 0 aromatic rings. The van der Waals surface area contributed by atoms with Gasteiger partial charge < -0.3 is 10.2 Å². The van der Waals surface area contributed by atoms with E-state index in [1.165, 1.54) is 23.6 Å². The highest BCUT2D eigenvalue weighted by molar-refractivity contribution is 6.05. The van der Waals surface area contributed by atoms with Crippen LogP contribution in [0.4, 0.5) is 4.79 Å². The third kappa shape index (κ3) is 3.19. The minimum atomic E-state index is -0.867. The normalized spacial score (nSPS) is 29.0. The number of hydrogen-bond donors (Lipinski definition) is 2. The van der Waals surface area contributed by atoms with Gasteiger partial charge in [0.25, 0.3) is 0 Å². The van der Waals surface area contributed by atoms with E-state index in [9.17, 15) is 24.6 Å². The van der Waals surface area contributed by atoms with Crippen LogP contribution in [0.5, 0.6) is 0 Å². The Morgan fingerprint density at radius 1 is 0.875 bits per heavy atom. The average molecular weight is 340 g/mol. The van der Waals surface area contributed by atoms with E-state index in [4.69, 9.17) is 0 Å². The van der Waals surface area contributed by atoms with Gasteiger partial charge in [-0.3, -0.25) is 19.4 Å². The van der Waals surface area contributed by atoms with Crippen LogP contribution < -0.4 is 0 Å². The molecule has 7 heteroatoms. The number of amides is 4. The van der Waals surface area contributed by atoms with E-state index in [0.29, 0.717) is 12.8 Å². The molecule has 2 rings (SSSR count). The lowest BCUT2D eigenvalue weighted by atomic mass is 9.89. The number of aliphatic hydroxyl groups excluding tert-OH is 2. The quantitative estimate of drug-likeness (QED) is 0.799. The summed E-state index contributed by atoms with van der Waals surface area (Å²) in [5.41, 5.74) is 0. The fourth-order valence-electron chi connectivity index (χ4n) is 3.46. The lowest BCUT2D eigenvalue weighted by Gasteiger charge is -2.32. The van der Waals surface area contributed by atoms with Gasteiger partial charge in [0.1, 0.15) is 0 Å². The second-order valence-corrected chi connectivity index (χ2v) is 7.18. The zero-order valence-electron chi connectivity index (χ0n) is 14.8. The molecule has 0 aromatic heterocycles. The maximum absolute atomic E-state index is 12.9. The lowest BCUT2D eigenvalue weighted by Crippen LogP contribution is -2.46. The van der Waals surface area contributed by atoms with Crippen LogP contribution in [0, 0.1) is 11.8 Å². The number of carbonyl (C=O) groups excluding carboxylic acids is 3. The van der Waals surface area contributed by atoms with Gasteiger partial charge in [-0.2, -0.15) is 0 Å². The second kappa shape index (κ2) is 7.19. The summed E-state index contributed by atoms with van der Waals surface area (Å²) in [6.45, 7) is 6.20. The number of carbonyl (C=O) groups is 3. The molecule has 0 unspecified atom stereocenters. The summed E-state index contributed by atoms with van der Waals surface area (Å²) in [5, 5.41) is 19.4. The first-order chi connectivity index (χ1) is 11.2. The molecular weight excluding hydrogens is 312 g/mol. The number of aliphatic hydroxyl groups is 2. The van der Waals surface area contributed by atoms with Gasteiger partial charge in [0.2, 0.25) is 11.8 Å². The topological polar surface area (TPSA) is 98.2 Å². The van der Waals surface area contributed by atoms with Gasteiger partial charge >= 0.3 is 6.03 Å². The fraction of sp³-hybridized carbons (Fsp3) is 0.824.